The summed E-state index contributed by atoms with van der Waals surface area (Å²) in [6.07, 6.45) is 6.28. The van der Waals surface area contributed by atoms with Crippen LogP contribution in [0.5, 0.6) is 5.75 Å². The number of methoxy groups -OCH3 is 1. The smallest absolute Gasteiger partial charge is 0.312 e. The molecule has 4 aliphatic carbocycles. The fourth-order valence-corrected chi connectivity index (χ4v) is 5.74. The lowest BCUT2D eigenvalue weighted by Crippen LogP contribution is -2.50. The number of esters is 1. The van der Waals surface area contributed by atoms with Gasteiger partial charge < -0.3 is 14.8 Å². The molecule has 8 nitrogen and oxygen atoms in total. The predicted octanol–water partition coefficient (Wildman–Crippen LogP) is 3.30. The van der Waals surface area contributed by atoms with Crippen molar-refractivity contribution < 1.29 is 24.0 Å². The van der Waals surface area contributed by atoms with Gasteiger partial charge in [0.25, 0.3) is 11.6 Å². The Hall–Kier alpha value is -2.64. The van der Waals surface area contributed by atoms with Gasteiger partial charge in [0.15, 0.2) is 6.61 Å². The first-order valence-electron chi connectivity index (χ1n) is 9.68. The Morgan fingerprint density at radius 2 is 1.79 bits per heavy atom. The molecule has 0 atom stereocenters. The van der Waals surface area contributed by atoms with Crippen molar-refractivity contribution in [2.24, 2.45) is 23.2 Å². The van der Waals surface area contributed by atoms with Gasteiger partial charge in [-0.15, -0.1) is 0 Å². The molecule has 0 saturated heterocycles. The molecule has 1 aromatic rings. The number of nitro benzene ring substituents is 1. The number of ether oxygens (including phenoxy) is 2. The molecule has 0 radical (unpaired) electrons. The summed E-state index contributed by atoms with van der Waals surface area (Å²) < 4.78 is 10.5. The van der Waals surface area contributed by atoms with Gasteiger partial charge in [0, 0.05) is 12.1 Å². The third-order valence-electron chi connectivity index (χ3n) is 6.47. The summed E-state index contributed by atoms with van der Waals surface area (Å²) in [5.41, 5.74) is -0.410. The highest BCUT2D eigenvalue weighted by molar-refractivity contribution is 5.94. The number of non-ortho nitro benzene ring substituents is 1. The Morgan fingerprint density at radius 1 is 1.18 bits per heavy atom. The molecule has 0 aromatic heterocycles. The van der Waals surface area contributed by atoms with E-state index in [1.807, 2.05) is 0 Å². The van der Waals surface area contributed by atoms with Crippen LogP contribution in [0, 0.1) is 33.3 Å². The van der Waals surface area contributed by atoms with E-state index in [1.165, 1.54) is 44.6 Å². The van der Waals surface area contributed by atoms with Gasteiger partial charge in [-0.2, -0.15) is 0 Å². The lowest BCUT2D eigenvalue weighted by Gasteiger charge is -2.55. The standard InChI is InChI=1S/C20H24N2O6/c1-27-17-3-2-15(22(25)26)7-16(17)21-18(23)11-28-19(24)20-8-12-4-13(9-20)6-14(5-12)10-20/h2-3,7,12-14H,4-6,8-11H2,1H3,(H,21,23). The first-order chi connectivity index (χ1) is 13.4. The highest BCUT2D eigenvalue weighted by Crippen LogP contribution is 2.60. The number of nitrogens with zero attached hydrogens (tertiary/aromatic N) is 1. The molecule has 150 valence electrons. The van der Waals surface area contributed by atoms with Gasteiger partial charge in [-0.3, -0.25) is 19.7 Å². The zero-order valence-electron chi connectivity index (χ0n) is 15.8. The molecule has 8 heteroatoms. The molecular formula is C20H24N2O6. The van der Waals surface area contributed by atoms with Crippen molar-refractivity contribution in [3.63, 3.8) is 0 Å². The second-order valence-electron chi connectivity index (χ2n) is 8.46. The Morgan fingerprint density at radius 3 is 2.32 bits per heavy atom. The number of anilines is 1. The van der Waals surface area contributed by atoms with Gasteiger partial charge in [-0.05, 0) is 62.3 Å². The average Bonchev–Trinajstić information content (AvgIpc) is 2.64. The zero-order valence-corrected chi connectivity index (χ0v) is 15.8. The number of amides is 1. The summed E-state index contributed by atoms with van der Waals surface area (Å²) in [4.78, 5) is 35.5. The third-order valence-corrected chi connectivity index (χ3v) is 6.47. The molecule has 4 bridgehead atoms. The largest absolute Gasteiger partial charge is 0.495 e. The van der Waals surface area contributed by atoms with E-state index < -0.39 is 22.9 Å². The summed E-state index contributed by atoms with van der Waals surface area (Å²) >= 11 is 0. The van der Waals surface area contributed by atoms with Crippen LogP contribution in [-0.4, -0.2) is 30.5 Å². The molecule has 0 aliphatic heterocycles. The van der Waals surface area contributed by atoms with Crippen molar-refractivity contribution in [3.8, 4) is 5.75 Å². The molecule has 1 aromatic carbocycles. The Bertz CT molecular complexity index is 786. The number of hydrogen-bond donors (Lipinski definition) is 1. The second-order valence-corrected chi connectivity index (χ2v) is 8.46. The highest BCUT2D eigenvalue weighted by atomic mass is 16.6. The van der Waals surface area contributed by atoms with Gasteiger partial charge in [-0.1, -0.05) is 0 Å². The fraction of sp³-hybridized carbons (Fsp3) is 0.600. The number of carbonyl (C=O) groups excluding carboxylic acids is 2. The molecule has 1 amide bonds. The van der Waals surface area contributed by atoms with Gasteiger partial charge in [0.2, 0.25) is 0 Å². The van der Waals surface area contributed by atoms with Crippen molar-refractivity contribution in [2.45, 2.75) is 38.5 Å². The van der Waals surface area contributed by atoms with Gasteiger partial charge >= 0.3 is 5.97 Å². The minimum atomic E-state index is -0.553. The summed E-state index contributed by atoms with van der Waals surface area (Å²) in [5.74, 6) is 1.32. The van der Waals surface area contributed by atoms with Crippen molar-refractivity contribution in [1.82, 2.24) is 0 Å². The number of rotatable bonds is 6. The van der Waals surface area contributed by atoms with E-state index in [4.69, 9.17) is 9.47 Å². The van der Waals surface area contributed by atoms with Gasteiger partial charge in [-0.25, -0.2) is 0 Å². The van der Waals surface area contributed by atoms with Crippen LogP contribution < -0.4 is 10.1 Å². The van der Waals surface area contributed by atoms with E-state index in [-0.39, 0.29) is 17.3 Å². The molecule has 1 N–H and O–H groups in total. The van der Waals surface area contributed by atoms with Crippen LogP contribution in [0.25, 0.3) is 0 Å². The van der Waals surface area contributed by atoms with Crippen molar-refractivity contribution >= 4 is 23.3 Å². The Kier molecular flexibility index (Phi) is 4.72. The Labute approximate surface area is 162 Å². The molecule has 5 rings (SSSR count). The van der Waals surface area contributed by atoms with Crippen molar-refractivity contribution in [3.05, 3.63) is 28.3 Å². The molecule has 28 heavy (non-hydrogen) atoms. The summed E-state index contributed by atoms with van der Waals surface area (Å²) in [6, 6.07) is 3.92. The van der Waals surface area contributed by atoms with Crippen LogP contribution in [0.1, 0.15) is 38.5 Å². The summed E-state index contributed by atoms with van der Waals surface area (Å²) in [5, 5.41) is 13.5. The highest BCUT2D eigenvalue weighted by Gasteiger charge is 2.55. The normalized spacial score (nSPS) is 30.0. The lowest BCUT2D eigenvalue weighted by atomic mass is 9.49. The van der Waals surface area contributed by atoms with Crippen molar-refractivity contribution in [2.75, 3.05) is 19.0 Å². The van der Waals surface area contributed by atoms with E-state index >= 15 is 0 Å². The number of carbonyl (C=O) groups is 2. The first kappa shape index (κ1) is 18.7. The fourth-order valence-electron chi connectivity index (χ4n) is 5.74. The molecule has 0 spiro atoms. The van der Waals surface area contributed by atoms with Crippen LogP contribution in [0.2, 0.25) is 0 Å². The summed E-state index contributed by atoms with van der Waals surface area (Å²) in [7, 11) is 1.41. The number of benzene rings is 1. The number of hydrogen-bond acceptors (Lipinski definition) is 6. The van der Waals surface area contributed by atoms with Gasteiger partial charge in [0.05, 0.1) is 23.1 Å². The molecule has 4 saturated carbocycles. The second kappa shape index (κ2) is 7.07. The van der Waals surface area contributed by atoms with Crippen LogP contribution in [-0.2, 0) is 14.3 Å². The third kappa shape index (κ3) is 3.43. The number of nitro groups is 1. The lowest BCUT2D eigenvalue weighted by molar-refractivity contribution is -0.384. The molecule has 4 fully saturated rings. The minimum absolute atomic E-state index is 0.165. The number of nitrogens with one attached hydrogen (secondary N) is 1. The Balaban J connectivity index is 1.38. The van der Waals surface area contributed by atoms with E-state index in [1.54, 1.807) is 0 Å². The quantitative estimate of drug-likeness (QED) is 0.455. The monoisotopic (exact) mass is 388 g/mol. The maximum absolute atomic E-state index is 12.8. The van der Waals surface area contributed by atoms with E-state index in [2.05, 4.69) is 5.32 Å². The van der Waals surface area contributed by atoms with Crippen molar-refractivity contribution in [1.29, 1.82) is 0 Å². The van der Waals surface area contributed by atoms with Crippen LogP contribution in [0.15, 0.2) is 18.2 Å². The maximum atomic E-state index is 12.8. The molecule has 4 aliphatic rings. The minimum Gasteiger partial charge on any atom is -0.495 e. The maximum Gasteiger partial charge on any atom is 0.312 e. The molecule has 0 heterocycles. The average molecular weight is 388 g/mol. The van der Waals surface area contributed by atoms with E-state index in [9.17, 15) is 19.7 Å². The topological polar surface area (TPSA) is 108 Å². The van der Waals surface area contributed by atoms with E-state index in [0.29, 0.717) is 23.5 Å². The van der Waals surface area contributed by atoms with Gasteiger partial charge in [0.1, 0.15) is 5.75 Å². The first-order valence-corrected chi connectivity index (χ1v) is 9.68. The van der Waals surface area contributed by atoms with Crippen LogP contribution in [0.4, 0.5) is 11.4 Å². The van der Waals surface area contributed by atoms with Crippen LogP contribution >= 0.6 is 0 Å². The van der Waals surface area contributed by atoms with Crippen LogP contribution in [0.3, 0.4) is 0 Å². The molecular weight excluding hydrogens is 364 g/mol. The van der Waals surface area contributed by atoms with E-state index in [0.717, 1.165) is 19.3 Å². The predicted molar refractivity (Wildman–Crippen MR) is 99.8 cm³/mol. The SMILES string of the molecule is COc1ccc([N+](=O)[O-])cc1NC(=O)COC(=O)C12CC3CC(CC(C3)C1)C2. The summed E-state index contributed by atoms with van der Waals surface area (Å²) in [6.45, 7) is -0.410. The molecule has 0 unspecified atom stereocenters. The zero-order chi connectivity index (χ0) is 19.9.